The van der Waals surface area contributed by atoms with E-state index in [1.807, 2.05) is 0 Å². The van der Waals surface area contributed by atoms with E-state index in [-0.39, 0.29) is 0 Å². The van der Waals surface area contributed by atoms with Crippen molar-refractivity contribution in [3.05, 3.63) is 23.5 Å². The van der Waals surface area contributed by atoms with E-state index in [0.717, 1.165) is 56.8 Å². The standard InChI is InChI=1S/C18H24F3N3OS/c1-12-7-25-6-5-14(12)23-8-17(9-23)10-24(11-17)26-15-3-4-16(18(19,20)21)22-13(15)2/h3-4,12,14H,5-11H2,1-2H3. The van der Waals surface area contributed by atoms with E-state index in [0.29, 0.717) is 23.1 Å². The first kappa shape index (κ1) is 18.5. The van der Waals surface area contributed by atoms with Crippen LogP contribution in [0.3, 0.4) is 0 Å². The number of rotatable bonds is 3. The van der Waals surface area contributed by atoms with Crippen LogP contribution in [-0.2, 0) is 10.9 Å². The highest BCUT2D eigenvalue weighted by Gasteiger charge is 2.54. The maximum absolute atomic E-state index is 12.7. The summed E-state index contributed by atoms with van der Waals surface area (Å²) in [5.41, 5.74) is -0.00479. The Labute approximate surface area is 156 Å². The maximum Gasteiger partial charge on any atom is 0.433 e. The van der Waals surface area contributed by atoms with E-state index < -0.39 is 11.9 Å². The third kappa shape index (κ3) is 3.48. The summed E-state index contributed by atoms with van der Waals surface area (Å²) in [5.74, 6) is 0.590. The molecule has 0 aromatic carbocycles. The van der Waals surface area contributed by atoms with E-state index in [4.69, 9.17) is 4.74 Å². The number of alkyl halides is 3. The third-order valence-electron chi connectivity index (χ3n) is 5.72. The van der Waals surface area contributed by atoms with Crippen LogP contribution in [0.2, 0.25) is 0 Å². The molecule has 0 aliphatic carbocycles. The van der Waals surface area contributed by atoms with Gasteiger partial charge in [-0.3, -0.25) is 4.90 Å². The van der Waals surface area contributed by atoms with Gasteiger partial charge in [0.05, 0.1) is 12.3 Å². The molecule has 144 valence electrons. The summed E-state index contributed by atoms with van der Waals surface area (Å²) in [4.78, 5) is 7.11. The second-order valence-electron chi connectivity index (χ2n) is 7.98. The molecule has 2 atom stereocenters. The molecule has 0 bridgehead atoms. The molecule has 1 aromatic heterocycles. The Morgan fingerprint density at radius 2 is 1.96 bits per heavy atom. The monoisotopic (exact) mass is 387 g/mol. The molecule has 26 heavy (non-hydrogen) atoms. The van der Waals surface area contributed by atoms with Gasteiger partial charge >= 0.3 is 6.18 Å². The number of likely N-dealkylation sites (tertiary alicyclic amines) is 1. The molecule has 3 saturated heterocycles. The number of hydrogen-bond acceptors (Lipinski definition) is 5. The molecule has 4 nitrogen and oxygen atoms in total. The number of hydrogen-bond donors (Lipinski definition) is 0. The zero-order chi connectivity index (χ0) is 18.5. The zero-order valence-electron chi connectivity index (χ0n) is 15.1. The highest BCUT2D eigenvalue weighted by atomic mass is 32.2. The topological polar surface area (TPSA) is 28.6 Å². The first-order chi connectivity index (χ1) is 12.3. The van der Waals surface area contributed by atoms with Crippen molar-refractivity contribution in [1.82, 2.24) is 14.2 Å². The molecule has 2 unspecified atom stereocenters. The molecule has 3 aliphatic heterocycles. The van der Waals surface area contributed by atoms with Crippen molar-refractivity contribution in [3.63, 3.8) is 0 Å². The minimum absolute atomic E-state index is 0.373. The van der Waals surface area contributed by atoms with Crippen LogP contribution in [-0.4, -0.2) is 59.6 Å². The minimum atomic E-state index is -4.38. The fraction of sp³-hybridized carbons (Fsp3) is 0.722. The number of halogens is 3. The smallest absolute Gasteiger partial charge is 0.381 e. The van der Waals surface area contributed by atoms with Crippen molar-refractivity contribution in [2.75, 3.05) is 39.4 Å². The molecule has 3 aliphatic rings. The fourth-order valence-corrected chi connectivity index (χ4v) is 5.63. The second kappa shape index (κ2) is 6.65. The first-order valence-electron chi connectivity index (χ1n) is 9.05. The molecule has 0 N–H and O–H groups in total. The SMILES string of the molecule is Cc1nc(C(F)(F)F)ccc1SN1CC2(C1)CN(C1CCOCC1C)C2. The lowest BCUT2D eigenvalue weighted by Crippen LogP contribution is -2.73. The maximum atomic E-state index is 12.7. The van der Waals surface area contributed by atoms with Gasteiger partial charge in [0.15, 0.2) is 0 Å². The van der Waals surface area contributed by atoms with Crippen LogP contribution in [0.5, 0.6) is 0 Å². The van der Waals surface area contributed by atoms with Gasteiger partial charge in [0.2, 0.25) is 0 Å². The number of aryl methyl sites for hydroxylation is 1. The van der Waals surface area contributed by atoms with Crippen molar-refractivity contribution in [2.24, 2.45) is 11.3 Å². The Balaban J connectivity index is 1.29. The molecule has 1 aromatic rings. The zero-order valence-corrected chi connectivity index (χ0v) is 15.9. The average Bonchev–Trinajstić information content (AvgIpc) is 2.50. The van der Waals surface area contributed by atoms with Gasteiger partial charge in [-0.2, -0.15) is 13.2 Å². The van der Waals surface area contributed by atoms with E-state index in [2.05, 4.69) is 21.1 Å². The normalized spacial score (nSPS) is 29.4. The highest BCUT2D eigenvalue weighted by Crippen LogP contribution is 2.46. The van der Waals surface area contributed by atoms with Gasteiger partial charge in [-0.1, -0.05) is 6.92 Å². The minimum Gasteiger partial charge on any atom is -0.381 e. The Hall–Kier alpha value is -0.830. The van der Waals surface area contributed by atoms with Gasteiger partial charge < -0.3 is 4.74 Å². The van der Waals surface area contributed by atoms with E-state index >= 15 is 0 Å². The second-order valence-corrected chi connectivity index (χ2v) is 9.12. The van der Waals surface area contributed by atoms with Crippen LogP contribution in [0, 0.1) is 18.3 Å². The summed E-state index contributed by atoms with van der Waals surface area (Å²) >= 11 is 1.53. The molecule has 0 saturated carbocycles. The van der Waals surface area contributed by atoms with E-state index in [9.17, 15) is 13.2 Å². The molecule has 0 radical (unpaired) electrons. The molecule has 4 rings (SSSR count). The van der Waals surface area contributed by atoms with Crippen LogP contribution < -0.4 is 0 Å². The van der Waals surface area contributed by atoms with Crippen LogP contribution in [0.1, 0.15) is 24.7 Å². The average molecular weight is 387 g/mol. The lowest BCUT2D eigenvalue weighted by atomic mass is 9.72. The van der Waals surface area contributed by atoms with Crippen molar-refractivity contribution in [2.45, 2.75) is 37.4 Å². The van der Waals surface area contributed by atoms with Crippen molar-refractivity contribution < 1.29 is 17.9 Å². The van der Waals surface area contributed by atoms with E-state index in [1.54, 1.807) is 6.92 Å². The quantitative estimate of drug-likeness (QED) is 0.741. The molecular weight excluding hydrogens is 363 g/mol. The Morgan fingerprint density at radius 3 is 2.58 bits per heavy atom. The largest absolute Gasteiger partial charge is 0.433 e. The predicted molar refractivity (Wildman–Crippen MR) is 93.8 cm³/mol. The van der Waals surface area contributed by atoms with Crippen LogP contribution in [0.25, 0.3) is 0 Å². The van der Waals surface area contributed by atoms with Gasteiger partial charge in [0.1, 0.15) is 5.69 Å². The van der Waals surface area contributed by atoms with E-state index in [1.165, 1.54) is 18.0 Å². The van der Waals surface area contributed by atoms with Crippen molar-refractivity contribution in [3.8, 4) is 0 Å². The fourth-order valence-electron chi connectivity index (χ4n) is 4.37. The van der Waals surface area contributed by atoms with Crippen LogP contribution in [0.15, 0.2) is 17.0 Å². The van der Waals surface area contributed by atoms with Crippen LogP contribution >= 0.6 is 11.9 Å². The van der Waals surface area contributed by atoms with Gasteiger partial charge in [-0.15, -0.1) is 0 Å². The van der Waals surface area contributed by atoms with Crippen LogP contribution in [0.4, 0.5) is 13.2 Å². The number of pyridine rings is 1. The predicted octanol–water partition coefficient (Wildman–Crippen LogP) is 3.46. The van der Waals surface area contributed by atoms with Gasteiger partial charge in [-0.25, -0.2) is 9.29 Å². The lowest BCUT2D eigenvalue weighted by molar-refractivity contribution is -0.141. The molecule has 8 heteroatoms. The van der Waals surface area contributed by atoms with Crippen molar-refractivity contribution in [1.29, 1.82) is 0 Å². The first-order valence-corrected chi connectivity index (χ1v) is 9.83. The van der Waals surface area contributed by atoms with Crippen molar-refractivity contribution >= 4 is 11.9 Å². The summed E-state index contributed by atoms with van der Waals surface area (Å²) in [6, 6.07) is 3.25. The lowest BCUT2D eigenvalue weighted by Gasteiger charge is -2.62. The number of aromatic nitrogens is 1. The Morgan fingerprint density at radius 1 is 1.23 bits per heavy atom. The molecule has 0 amide bonds. The van der Waals surface area contributed by atoms with Gasteiger partial charge in [0.25, 0.3) is 0 Å². The summed E-state index contributed by atoms with van der Waals surface area (Å²) in [6.07, 6.45) is -3.27. The summed E-state index contributed by atoms with van der Waals surface area (Å²) < 4.78 is 45.9. The molecule has 4 heterocycles. The summed E-state index contributed by atoms with van der Waals surface area (Å²) in [6.45, 7) is 9.87. The number of ether oxygens (including phenoxy) is 1. The number of nitrogens with zero attached hydrogens (tertiary/aromatic N) is 3. The summed E-state index contributed by atoms with van der Waals surface area (Å²) in [7, 11) is 0. The third-order valence-corrected chi connectivity index (χ3v) is 6.86. The Kier molecular flexibility index (Phi) is 4.74. The van der Waals surface area contributed by atoms with Gasteiger partial charge in [-0.05, 0) is 43.3 Å². The molecular formula is C18H24F3N3OS. The highest BCUT2D eigenvalue weighted by molar-refractivity contribution is 7.97. The van der Waals surface area contributed by atoms with Gasteiger partial charge in [0, 0.05) is 49.1 Å². The molecule has 1 spiro atoms. The summed E-state index contributed by atoms with van der Waals surface area (Å²) in [5, 5.41) is 0. The Bertz CT molecular complexity index is 670. The molecule has 3 fully saturated rings.